The Morgan fingerprint density at radius 1 is 0.875 bits per heavy atom. The molecule has 0 aromatic heterocycles. The minimum atomic E-state index is 0.0198. The van der Waals surface area contributed by atoms with E-state index in [1.54, 1.807) is 0 Å². The Balaban J connectivity index is 2.57. The molecule has 0 aliphatic carbocycles. The normalized spacial score (nSPS) is 12.0. The van der Waals surface area contributed by atoms with Crippen LogP contribution in [0.4, 0.5) is 5.69 Å². The first kappa shape index (κ1) is 18.1. The molecule has 2 aromatic rings. The third-order valence-corrected chi connectivity index (χ3v) is 4.22. The maximum atomic E-state index is 12.8. The molecule has 0 radical (unpaired) electrons. The Labute approximate surface area is 145 Å². The molecule has 0 unspecified atom stereocenters. The molecule has 2 nitrogen and oxygen atoms in total. The minimum Gasteiger partial charge on any atom is -0.287 e. The number of Topliss-reactive ketones (excluding diaryl/α,β-unsaturated/α-hetero) is 1. The molecule has 2 heteroatoms. The van der Waals surface area contributed by atoms with Gasteiger partial charge in [-0.2, -0.15) is 0 Å². The van der Waals surface area contributed by atoms with Gasteiger partial charge in [-0.3, -0.25) is 4.79 Å². The Kier molecular flexibility index (Phi) is 6.08. The molecular weight excluding hydrogens is 294 g/mol. The average Bonchev–Trinajstić information content (AvgIpc) is 2.59. The van der Waals surface area contributed by atoms with Crippen LogP contribution in [0.1, 0.15) is 74.4 Å². The van der Waals surface area contributed by atoms with E-state index in [0.29, 0.717) is 29.5 Å². The molecule has 126 valence electrons. The predicted octanol–water partition coefficient (Wildman–Crippen LogP) is 6.30. The number of hydrogen-bond donors (Lipinski definition) is 0. The van der Waals surface area contributed by atoms with Gasteiger partial charge in [-0.15, -0.1) is 0 Å². The lowest BCUT2D eigenvalue weighted by Gasteiger charge is -2.17. The van der Waals surface area contributed by atoms with Crippen molar-refractivity contribution < 1.29 is 4.79 Å². The van der Waals surface area contributed by atoms with Gasteiger partial charge in [0.1, 0.15) is 0 Å². The third kappa shape index (κ3) is 4.00. The van der Waals surface area contributed by atoms with Gasteiger partial charge in [0, 0.05) is 5.56 Å². The van der Waals surface area contributed by atoms with Gasteiger partial charge >= 0.3 is 0 Å². The molecule has 2 rings (SSSR count). The van der Waals surface area contributed by atoms with Crippen molar-refractivity contribution in [1.82, 2.24) is 0 Å². The van der Waals surface area contributed by atoms with Crippen LogP contribution in [0.25, 0.3) is 0 Å². The van der Waals surface area contributed by atoms with Crippen molar-refractivity contribution in [3.8, 4) is 0 Å². The van der Waals surface area contributed by atoms with E-state index in [2.05, 4.69) is 45.9 Å². The highest BCUT2D eigenvalue weighted by atomic mass is 16.1. The summed E-state index contributed by atoms with van der Waals surface area (Å²) < 4.78 is 0. The van der Waals surface area contributed by atoms with Gasteiger partial charge in [0.15, 0.2) is 0 Å². The zero-order valence-corrected chi connectivity index (χ0v) is 15.3. The van der Waals surface area contributed by atoms with Crippen LogP contribution in [0.2, 0.25) is 0 Å². The van der Waals surface area contributed by atoms with Crippen molar-refractivity contribution in [2.75, 3.05) is 0 Å². The van der Waals surface area contributed by atoms with E-state index < -0.39 is 0 Å². The van der Waals surface area contributed by atoms with E-state index in [4.69, 9.17) is 4.99 Å². The van der Waals surface area contributed by atoms with Crippen molar-refractivity contribution >= 4 is 17.2 Å². The fourth-order valence-corrected chi connectivity index (χ4v) is 2.82. The van der Waals surface area contributed by atoms with Crippen molar-refractivity contribution in [3.63, 3.8) is 0 Å². The number of aliphatic imine (C=N–C) groups is 1. The first-order valence-corrected chi connectivity index (χ1v) is 8.75. The van der Waals surface area contributed by atoms with E-state index in [0.717, 1.165) is 5.69 Å². The predicted molar refractivity (Wildman–Crippen MR) is 103 cm³/mol. The fraction of sp³-hybridized carbons (Fsp3) is 0.364. The van der Waals surface area contributed by atoms with Crippen LogP contribution in [-0.4, -0.2) is 11.5 Å². The van der Waals surface area contributed by atoms with E-state index in [9.17, 15) is 4.79 Å². The molecule has 0 fully saturated rings. The summed E-state index contributed by atoms with van der Waals surface area (Å²) in [6, 6.07) is 15.7. The van der Waals surface area contributed by atoms with Crippen LogP contribution in [0.5, 0.6) is 0 Å². The molecule has 0 atom stereocenters. The standard InChI is InChI=1S/C22H27NO/c1-6-20(22(24)17-11-8-7-9-12-17)23-21-18(15(2)3)13-10-14-19(21)16(4)5/h7-16H,6H2,1-5H3. The smallest absolute Gasteiger partial charge is 0.207 e. The highest BCUT2D eigenvalue weighted by Crippen LogP contribution is 2.35. The van der Waals surface area contributed by atoms with Gasteiger partial charge in [0.2, 0.25) is 5.78 Å². The first-order chi connectivity index (χ1) is 11.5. The molecule has 0 saturated carbocycles. The Morgan fingerprint density at radius 3 is 1.88 bits per heavy atom. The van der Waals surface area contributed by atoms with Gasteiger partial charge in [-0.1, -0.05) is 83.1 Å². The molecule has 0 aliphatic heterocycles. The van der Waals surface area contributed by atoms with Crippen LogP contribution in [0.3, 0.4) is 0 Å². The third-order valence-electron chi connectivity index (χ3n) is 4.22. The first-order valence-electron chi connectivity index (χ1n) is 8.75. The molecule has 0 spiro atoms. The fourth-order valence-electron chi connectivity index (χ4n) is 2.82. The number of nitrogens with zero attached hydrogens (tertiary/aromatic N) is 1. The van der Waals surface area contributed by atoms with E-state index >= 15 is 0 Å². The SMILES string of the molecule is CCC(=Nc1c(C(C)C)cccc1C(C)C)C(=O)c1ccccc1. The quantitative estimate of drug-likeness (QED) is 0.453. The molecule has 0 N–H and O–H groups in total. The van der Waals surface area contributed by atoms with Crippen LogP contribution >= 0.6 is 0 Å². The molecule has 0 aliphatic rings. The number of ketones is 1. The monoisotopic (exact) mass is 321 g/mol. The van der Waals surface area contributed by atoms with E-state index in [1.165, 1.54) is 11.1 Å². The Morgan fingerprint density at radius 2 is 1.42 bits per heavy atom. The van der Waals surface area contributed by atoms with Crippen LogP contribution in [0.15, 0.2) is 53.5 Å². The molecule has 2 aromatic carbocycles. The number of benzene rings is 2. The van der Waals surface area contributed by atoms with Gasteiger partial charge in [-0.05, 0) is 29.4 Å². The summed E-state index contributed by atoms with van der Waals surface area (Å²) in [5.41, 5.74) is 4.70. The summed E-state index contributed by atoms with van der Waals surface area (Å²) in [5, 5.41) is 0. The van der Waals surface area contributed by atoms with Crippen molar-refractivity contribution in [1.29, 1.82) is 0 Å². The zero-order valence-electron chi connectivity index (χ0n) is 15.3. The van der Waals surface area contributed by atoms with Gasteiger partial charge < -0.3 is 0 Å². The van der Waals surface area contributed by atoms with Crippen LogP contribution in [0, 0.1) is 0 Å². The summed E-state index contributed by atoms with van der Waals surface area (Å²) >= 11 is 0. The topological polar surface area (TPSA) is 29.4 Å². The summed E-state index contributed by atoms with van der Waals surface area (Å²) in [6.45, 7) is 10.7. The summed E-state index contributed by atoms with van der Waals surface area (Å²) in [6.07, 6.45) is 0.623. The number of hydrogen-bond acceptors (Lipinski definition) is 2. The summed E-state index contributed by atoms with van der Waals surface area (Å²) in [7, 11) is 0. The second kappa shape index (κ2) is 8.05. The highest BCUT2D eigenvalue weighted by molar-refractivity contribution is 6.46. The largest absolute Gasteiger partial charge is 0.287 e. The van der Waals surface area contributed by atoms with Crippen molar-refractivity contribution in [2.45, 2.75) is 52.9 Å². The van der Waals surface area contributed by atoms with Crippen LogP contribution < -0.4 is 0 Å². The second-order valence-electron chi connectivity index (χ2n) is 6.70. The van der Waals surface area contributed by atoms with Crippen molar-refractivity contribution in [2.24, 2.45) is 4.99 Å². The molecule has 0 amide bonds. The summed E-state index contributed by atoms with van der Waals surface area (Å²) in [5.74, 6) is 0.756. The molecule has 0 heterocycles. The lowest BCUT2D eigenvalue weighted by atomic mass is 9.92. The summed E-state index contributed by atoms with van der Waals surface area (Å²) in [4.78, 5) is 17.7. The zero-order chi connectivity index (χ0) is 17.7. The number of rotatable bonds is 6. The highest BCUT2D eigenvalue weighted by Gasteiger charge is 2.17. The number of para-hydroxylation sites is 1. The number of carbonyl (C=O) groups is 1. The molecule has 0 saturated heterocycles. The maximum absolute atomic E-state index is 12.8. The average molecular weight is 321 g/mol. The second-order valence-corrected chi connectivity index (χ2v) is 6.70. The Bertz CT molecular complexity index is 701. The van der Waals surface area contributed by atoms with Gasteiger partial charge in [0.05, 0.1) is 11.4 Å². The number of carbonyl (C=O) groups excluding carboxylic acids is 1. The van der Waals surface area contributed by atoms with E-state index in [1.807, 2.05) is 37.3 Å². The minimum absolute atomic E-state index is 0.0198. The van der Waals surface area contributed by atoms with Gasteiger partial charge in [-0.25, -0.2) is 4.99 Å². The van der Waals surface area contributed by atoms with Crippen molar-refractivity contribution in [3.05, 3.63) is 65.2 Å². The molecule has 24 heavy (non-hydrogen) atoms. The van der Waals surface area contributed by atoms with Gasteiger partial charge in [0.25, 0.3) is 0 Å². The molecular formula is C22H27NO. The molecule has 0 bridgehead atoms. The van der Waals surface area contributed by atoms with Crippen LogP contribution in [-0.2, 0) is 0 Å². The maximum Gasteiger partial charge on any atom is 0.207 e. The lowest BCUT2D eigenvalue weighted by molar-refractivity contribution is 0.106. The van der Waals surface area contributed by atoms with E-state index in [-0.39, 0.29) is 5.78 Å². The lowest BCUT2D eigenvalue weighted by Crippen LogP contribution is -2.13. The Hall–Kier alpha value is -2.22.